The summed E-state index contributed by atoms with van der Waals surface area (Å²) in [6.07, 6.45) is 0. The second-order valence-electron chi connectivity index (χ2n) is 3.63. The standard InChI is InChI=1S/C13H9BrClNOS/c14-9-4-5-12(11(15)7-9)16-13(17)8-2-1-3-10(18)6-8/h1-7,18H,(H,16,17). The molecule has 0 aromatic heterocycles. The molecule has 1 N–H and O–H groups in total. The van der Waals surface area contributed by atoms with Crippen LogP contribution in [0.4, 0.5) is 5.69 Å². The summed E-state index contributed by atoms with van der Waals surface area (Å²) in [6, 6.07) is 12.3. The van der Waals surface area contributed by atoms with Crippen LogP contribution in [0.2, 0.25) is 5.02 Å². The average molecular weight is 343 g/mol. The summed E-state index contributed by atoms with van der Waals surface area (Å²) < 4.78 is 0.864. The number of hydrogen-bond donors (Lipinski definition) is 2. The van der Waals surface area contributed by atoms with Gasteiger partial charge in [0.15, 0.2) is 0 Å². The normalized spacial score (nSPS) is 10.2. The maximum Gasteiger partial charge on any atom is 0.255 e. The Morgan fingerprint density at radius 3 is 2.67 bits per heavy atom. The molecular weight excluding hydrogens is 334 g/mol. The van der Waals surface area contributed by atoms with Crippen LogP contribution in [-0.4, -0.2) is 5.91 Å². The Hall–Kier alpha value is -0.970. The topological polar surface area (TPSA) is 29.1 Å². The van der Waals surface area contributed by atoms with Gasteiger partial charge in [-0.2, -0.15) is 0 Å². The van der Waals surface area contributed by atoms with Crippen molar-refractivity contribution in [3.63, 3.8) is 0 Å². The highest BCUT2D eigenvalue weighted by molar-refractivity contribution is 9.10. The number of thiol groups is 1. The van der Waals surface area contributed by atoms with Crippen molar-refractivity contribution in [2.24, 2.45) is 0 Å². The smallest absolute Gasteiger partial charge is 0.255 e. The lowest BCUT2D eigenvalue weighted by molar-refractivity contribution is 0.102. The van der Waals surface area contributed by atoms with Crippen LogP contribution in [0.15, 0.2) is 51.8 Å². The molecule has 0 aliphatic heterocycles. The molecule has 2 nitrogen and oxygen atoms in total. The molecule has 0 spiro atoms. The van der Waals surface area contributed by atoms with E-state index in [2.05, 4.69) is 33.9 Å². The number of rotatable bonds is 2. The van der Waals surface area contributed by atoms with Crippen LogP contribution in [-0.2, 0) is 0 Å². The first kappa shape index (κ1) is 13.5. The maximum atomic E-state index is 12.0. The van der Waals surface area contributed by atoms with Gasteiger partial charge < -0.3 is 5.32 Å². The third-order valence-corrected chi connectivity index (χ3v) is 3.37. The van der Waals surface area contributed by atoms with Crippen molar-refractivity contribution < 1.29 is 4.79 Å². The summed E-state index contributed by atoms with van der Waals surface area (Å²) in [5, 5.41) is 3.24. The van der Waals surface area contributed by atoms with Gasteiger partial charge in [0.2, 0.25) is 0 Å². The number of halogens is 2. The molecule has 2 aromatic rings. The number of hydrogen-bond acceptors (Lipinski definition) is 2. The highest BCUT2D eigenvalue weighted by Gasteiger charge is 2.08. The molecule has 0 fully saturated rings. The van der Waals surface area contributed by atoms with E-state index in [1.54, 1.807) is 30.3 Å². The van der Waals surface area contributed by atoms with Gasteiger partial charge in [-0.25, -0.2) is 0 Å². The van der Waals surface area contributed by atoms with Gasteiger partial charge in [0.1, 0.15) is 0 Å². The average Bonchev–Trinajstić information content (AvgIpc) is 2.32. The molecule has 1 amide bonds. The molecule has 0 heterocycles. The van der Waals surface area contributed by atoms with Crippen molar-refractivity contribution in [3.05, 3.63) is 57.5 Å². The molecule has 2 rings (SSSR count). The molecule has 0 unspecified atom stereocenters. The van der Waals surface area contributed by atoms with Crippen LogP contribution in [0.3, 0.4) is 0 Å². The molecule has 0 aliphatic carbocycles. The zero-order valence-corrected chi connectivity index (χ0v) is 12.4. The molecule has 0 aliphatic rings. The van der Waals surface area contributed by atoms with Crippen molar-refractivity contribution in [2.75, 3.05) is 5.32 Å². The Labute approximate surface area is 124 Å². The van der Waals surface area contributed by atoms with Crippen LogP contribution in [0.5, 0.6) is 0 Å². The van der Waals surface area contributed by atoms with E-state index >= 15 is 0 Å². The summed E-state index contributed by atoms with van der Waals surface area (Å²) in [4.78, 5) is 12.7. The SMILES string of the molecule is O=C(Nc1ccc(Br)cc1Cl)c1cccc(S)c1. The largest absolute Gasteiger partial charge is 0.321 e. The van der Waals surface area contributed by atoms with E-state index in [1.807, 2.05) is 12.1 Å². The minimum Gasteiger partial charge on any atom is -0.321 e. The summed E-state index contributed by atoms with van der Waals surface area (Å²) in [6.45, 7) is 0. The Kier molecular flexibility index (Phi) is 4.32. The third kappa shape index (κ3) is 3.28. The first-order chi connectivity index (χ1) is 8.56. The number of carbonyl (C=O) groups is 1. The van der Waals surface area contributed by atoms with E-state index in [9.17, 15) is 4.79 Å². The van der Waals surface area contributed by atoms with Gasteiger partial charge in [-0.05, 0) is 36.4 Å². The Bertz CT molecular complexity index is 603. The monoisotopic (exact) mass is 341 g/mol. The van der Waals surface area contributed by atoms with Crippen LogP contribution < -0.4 is 5.32 Å². The molecule has 0 atom stereocenters. The van der Waals surface area contributed by atoms with Gasteiger partial charge in [0, 0.05) is 14.9 Å². The number of carbonyl (C=O) groups excluding carboxylic acids is 1. The predicted molar refractivity (Wildman–Crippen MR) is 80.8 cm³/mol. The third-order valence-electron chi connectivity index (χ3n) is 2.29. The summed E-state index contributed by atoms with van der Waals surface area (Å²) in [5.41, 5.74) is 1.12. The highest BCUT2D eigenvalue weighted by Crippen LogP contribution is 2.26. The number of anilines is 1. The van der Waals surface area contributed by atoms with E-state index in [0.29, 0.717) is 16.3 Å². The van der Waals surface area contributed by atoms with Crippen LogP contribution in [0, 0.1) is 0 Å². The summed E-state index contributed by atoms with van der Waals surface area (Å²) in [7, 11) is 0. The van der Waals surface area contributed by atoms with Crippen molar-refractivity contribution in [1.29, 1.82) is 0 Å². The number of nitrogens with one attached hydrogen (secondary N) is 1. The molecule has 5 heteroatoms. The van der Waals surface area contributed by atoms with E-state index in [0.717, 1.165) is 9.37 Å². The fraction of sp³-hybridized carbons (Fsp3) is 0. The molecule has 0 saturated heterocycles. The zero-order chi connectivity index (χ0) is 13.1. The zero-order valence-electron chi connectivity index (χ0n) is 9.15. The molecule has 92 valence electrons. The van der Waals surface area contributed by atoms with Crippen molar-refractivity contribution in [2.45, 2.75) is 4.90 Å². The lowest BCUT2D eigenvalue weighted by Gasteiger charge is -2.07. The molecule has 2 aromatic carbocycles. The maximum absolute atomic E-state index is 12.0. The molecular formula is C13H9BrClNOS. The molecule has 0 bridgehead atoms. The Morgan fingerprint density at radius 1 is 1.22 bits per heavy atom. The van der Waals surface area contributed by atoms with E-state index < -0.39 is 0 Å². The molecule has 0 radical (unpaired) electrons. The van der Waals surface area contributed by atoms with Crippen molar-refractivity contribution in [1.82, 2.24) is 0 Å². The Balaban J connectivity index is 2.21. The van der Waals surface area contributed by atoms with Crippen molar-refractivity contribution in [3.8, 4) is 0 Å². The van der Waals surface area contributed by atoms with Crippen LogP contribution in [0.25, 0.3) is 0 Å². The fourth-order valence-corrected chi connectivity index (χ4v) is 2.38. The van der Waals surface area contributed by atoms with Gasteiger partial charge in [-0.3, -0.25) is 4.79 Å². The van der Waals surface area contributed by atoms with Gasteiger partial charge in [-0.15, -0.1) is 12.6 Å². The Morgan fingerprint density at radius 2 is 2.00 bits per heavy atom. The van der Waals surface area contributed by atoms with Crippen molar-refractivity contribution >= 4 is 51.8 Å². The van der Waals surface area contributed by atoms with E-state index in [-0.39, 0.29) is 5.91 Å². The first-order valence-corrected chi connectivity index (χ1v) is 6.73. The van der Waals surface area contributed by atoms with Crippen LogP contribution in [0.1, 0.15) is 10.4 Å². The lowest BCUT2D eigenvalue weighted by Crippen LogP contribution is -2.12. The van der Waals surface area contributed by atoms with Gasteiger partial charge >= 0.3 is 0 Å². The van der Waals surface area contributed by atoms with Gasteiger partial charge in [0.05, 0.1) is 10.7 Å². The molecule has 18 heavy (non-hydrogen) atoms. The first-order valence-electron chi connectivity index (χ1n) is 5.12. The van der Waals surface area contributed by atoms with E-state index in [1.165, 1.54) is 0 Å². The van der Waals surface area contributed by atoms with Gasteiger partial charge in [-0.1, -0.05) is 33.6 Å². The second kappa shape index (κ2) is 5.78. The predicted octanol–water partition coefficient (Wildman–Crippen LogP) is 4.64. The van der Waals surface area contributed by atoms with E-state index in [4.69, 9.17) is 11.6 Å². The minimum atomic E-state index is -0.213. The molecule has 0 saturated carbocycles. The summed E-state index contributed by atoms with van der Waals surface area (Å²) in [5.74, 6) is -0.213. The number of benzene rings is 2. The lowest BCUT2D eigenvalue weighted by atomic mass is 10.2. The fourth-order valence-electron chi connectivity index (χ4n) is 1.43. The number of amides is 1. The highest BCUT2D eigenvalue weighted by atomic mass is 79.9. The summed E-state index contributed by atoms with van der Waals surface area (Å²) >= 11 is 13.5. The van der Waals surface area contributed by atoms with Crippen LogP contribution >= 0.6 is 40.2 Å². The second-order valence-corrected chi connectivity index (χ2v) is 5.47. The quantitative estimate of drug-likeness (QED) is 0.765. The van der Waals surface area contributed by atoms with Gasteiger partial charge in [0.25, 0.3) is 5.91 Å². The minimum absolute atomic E-state index is 0.213.